The Bertz CT molecular complexity index is 1220. The molecule has 0 bridgehead atoms. The Balaban J connectivity index is 1.37. The third kappa shape index (κ3) is 3.25. The molecule has 1 amide bonds. The number of fused-ring (bicyclic) bond motifs is 2. The molecule has 0 saturated heterocycles. The summed E-state index contributed by atoms with van der Waals surface area (Å²) in [5.74, 6) is 0.0720. The Morgan fingerprint density at radius 2 is 1.79 bits per heavy atom. The van der Waals surface area contributed by atoms with Gasteiger partial charge in [0.05, 0.1) is 23.1 Å². The first-order valence-electron chi connectivity index (χ1n) is 9.74. The molecular formula is C24H20N4O. The molecule has 0 radical (unpaired) electrons. The summed E-state index contributed by atoms with van der Waals surface area (Å²) in [5, 5.41) is 1.13. The zero-order valence-corrected chi connectivity index (χ0v) is 16.2. The van der Waals surface area contributed by atoms with E-state index in [1.54, 1.807) is 12.4 Å². The molecule has 1 aliphatic rings. The van der Waals surface area contributed by atoms with Crippen molar-refractivity contribution in [2.24, 2.45) is 0 Å². The van der Waals surface area contributed by atoms with Crippen LogP contribution in [0.2, 0.25) is 0 Å². The first kappa shape index (κ1) is 17.5. The van der Waals surface area contributed by atoms with E-state index in [2.05, 4.69) is 22.1 Å². The van der Waals surface area contributed by atoms with E-state index >= 15 is 0 Å². The summed E-state index contributed by atoms with van der Waals surface area (Å²) in [6, 6.07) is 18.1. The van der Waals surface area contributed by atoms with Gasteiger partial charge in [-0.1, -0.05) is 36.4 Å². The SMILES string of the molecule is Cc1cnc(-c2cccc3c2CN(CCc2ccc4ccccc4n2)C3=O)cn1. The fraction of sp³-hybridized carbons (Fsp3) is 0.167. The number of rotatable bonds is 4. The highest BCUT2D eigenvalue weighted by Gasteiger charge is 2.29. The predicted molar refractivity (Wildman–Crippen MR) is 112 cm³/mol. The summed E-state index contributed by atoms with van der Waals surface area (Å²) in [6.45, 7) is 3.14. The van der Waals surface area contributed by atoms with Gasteiger partial charge in [-0.25, -0.2) is 0 Å². The van der Waals surface area contributed by atoms with E-state index in [0.29, 0.717) is 13.1 Å². The largest absolute Gasteiger partial charge is 0.334 e. The van der Waals surface area contributed by atoms with Crippen LogP contribution < -0.4 is 0 Å². The number of carbonyl (C=O) groups is 1. The Kier molecular flexibility index (Phi) is 4.28. The molecule has 2 aromatic heterocycles. The molecule has 4 aromatic rings. The van der Waals surface area contributed by atoms with E-state index in [0.717, 1.165) is 51.1 Å². The number of aromatic nitrogens is 3. The number of hydrogen-bond donors (Lipinski definition) is 0. The second kappa shape index (κ2) is 7.09. The van der Waals surface area contributed by atoms with E-state index in [9.17, 15) is 4.79 Å². The van der Waals surface area contributed by atoms with Crippen LogP contribution in [0.15, 0.2) is 67.0 Å². The number of aryl methyl sites for hydroxylation is 1. The van der Waals surface area contributed by atoms with E-state index in [-0.39, 0.29) is 5.91 Å². The molecule has 1 aliphatic heterocycles. The van der Waals surface area contributed by atoms with Gasteiger partial charge in [0, 0.05) is 47.9 Å². The Morgan fingerprint density at radius 1 is 0.931 bits per heavy atom. The number of pyridine rings is 1. The maximum Gasteiger partial charge on any atom is 0.254 e. The molecule has 0 atom stereocenters. The number of carbonyl (C=O) groups excluding carboxylic acids is 1. The lowest BCUT2D eigenvalue weighted by Crippen LogP contribution is -2.26. The average molecular weight is 380 g/mol. The lowest BCUT2D eigenvalue weighted by Gasteiger charge is -2.15. The van der Waals surface area contributed by atoms with Gasteiger partial charge < -0.3 is 4.90 Å². The second-order valence-corrected chi connectivity index (χ2v) is 7.35. The van der Waals surface area contributed by atoms with Crippen LogP contribution >= 0.6 is 0 Å². The highest BCUT2D eigenvalue weighted by atomic mass is 16.2. The van der Waals surface area contributed by atoms with Crippen molar-refractivity contribution >= 4 is 16.8 Å². The number of benzene rings is 2. The first-order valence-corrected chi connectivity index (χ1v) is 9.74. The molecule has 5 nitrogen and oxygen atoms in total. The summed E-state index contributed by atoms with van der Waals surface area (Å²) in [4.78, 5) is 28.4. The van der Waals surface area contributed by atoms with E-state index < -0.39 is 0 Å². The van der Waals surface area contributed by atoms with Gasteiger partial charge in [0.2, 0.25) is 0 Å². The van der Waals surface area contributed by atoms with Gasteiger partial charge in [0.1, 0.15) is 0 Å². The first-order chi connectivity index (χ1) is 14.2. The molecule has 142 valence electrons. The van der Waals surface area contributed by atoms with Gasteiger partial charge in [-0.15, -0.1) is 0 Å². The molecule has 0 spiro atoms. The molecule has 0 aliphatic carbocycles. The van der Waals surface area contributed by atoms with Gasteiger partial charge in [-0.05, 0) is 30.7 Å². The maximum absolute atomic E-state index is 12.9. The van der Waals surface area contributed by atoms with Crippen molar-refractivity contribution in [3.8, 4) is 11.3 Å². The average Bonchev–Trinajstić information content (AvgIpc) is 3.08. The number of para-hydroxylation sites is 1. The Labute approximate surface area is 169 Å². The van der Waals surface area contributed by atoms with Crippen LogP contribution in [0, 0.1) is 6.92 Å². The highest BCUT2D eigenvalue weighted by molar-refractivity contribution is 6.00. The molecule has 0 fully saturated rings. The van der Waals surface area contributed by atoms with Crippen molar-refractivity contribution in [1.29, 1.82) is 0 Å². The van der Waals surface area contributed by atoms with Crippen molar-refractivity contribution in [1.82, 2.24) is 19.9 Å². The summed E-state index contributed by atoms with van der Waals surface area (Å²) in [7, 11) is 0. The van der Waals surface area contributed by atoms with Crippen LogP contribution in [-0.2, 0) is 13.0 Å². The molecular weight excluding hydrogens is 360 g/mol. The van der Waals surface area contributed by atoms with Crippen molar-refractivity contribution < 1.29 is 4.79 Å². The van der Waals surface area contributed by atoms with Crippen molar-refractivity contribution in [2.75, 3.05) is 6.54 Å². The lowest BCUT2D eigenvalue weighted by molar-refractivity contribution is 0.0780. The minimum Gasteiger partial charge on any atom is -0.334 e. The summed E-state index contributed by atoms with van der Waals surface area (Å²) < 4.78 is 0. The van der Waals surface area contributed by atoms with Crippen LogP contribution in [0.4, 0.5) is 0 Å². The summed E-state index contributed by atoms with van der Waals surface area (Å²) in [5.41, 5.74) is 6.44. The molecule has 5 rings (SSSR count). The van der Waals surface area contributed by atoms with E-state index in [1.165, 1.54) is 0 Å². The number of hydrogen-bond acceptors (Lipinski definition) is 4. The lowest BCUT2D eigenvalue weighted by atomic mass is 10.0. The summed E-state index contributed by atoms with van der Waals surface area (Å²) >= 11 is 0. The van der Waals surface area contributed by atoms with Gasteiger partial charge in [0.25, 0.3) is 5.91 Å². The van der Waals surface area contributed by atoms with Crippen molar-refractivity contribution in [2.45, 2.75) is 19.9 Å². The monoisotopic (exact) mass is 380 g/mol. The molecule has 0 saturated carbocycles. The number of nitrogens with zero attached hydrogens (tertiary/aromatic N) is 4. The zero-order chi connectivity index (χ0) is 19.8. The van der Waals surface area contributed by atoms with Crippen LogP contribution in [0.5, 0.6) is 0 Å². The van der Waals surface area contributed by atoms with Gasteiger partial charge in [-0.3, -0.25) is 19.7 Å². The fourth-order valence-corrected chi connectivity index (χ4v) is 3.84. The standard InChI is InChI=1S/C24H20N4O/c1-16-13-26-23(14-25-16)19-6-4-7-20-21(19)15-28(24(20)29)12-11-18-10-9-17-5-2-3-8-22(17)27-18/h2-10,13-14H,11-12,15H2,1H3. The minimum atomic E-state index is 0.0720. The van der Waals surface area contributed by atoms with E-state index in [4.69, 9.17) is 4.98 Å². The highest BCUT2D eigenvalue weighted by Crippen LogP contribution is 2.31. The van der Waals surface area contributed by atoms with Gasteiger partial charge in [0.15, 0.2) is 0 Å². The molecule has 5 heteroatoms. The quantitative estimate of drug-likeness (QED) is 0.532. The second-order valence-electron chi connectivity index (χ2n) is 7.35. The predicted octanol–water partition coefficient (Wildman–Crippen LogP) is 4.20. The molecule has 29 heavy (non-hydrogen) atoms. The molecule has 3 heterocycles. The van der Waals surface area contributed by atoms with Crippen LogP contribution in [0.1, 0.15) is 27.3 Å². The molecule has 0 N–H and O–H groups in total. The van der Waals surface area contributed by atoms with Crippen molar-refractivity contribution in [3.63, 3.8) is 0 Å². The summed E-state index contributed by atoms with van der Waals surface area (Å²) in [6.07, 6.45) is 4.26. The minimum absolute atomic E-state index is 0.0720. The molecule has 2 aromatic carbocycles. The topological polar surface area (TPSA) is 59.0 Å². The maximum atomic E-state index is 12.9. The van der Waals surface area contributed by atoms with E-state index in [1.807, 2.05) is 54.3 Å². The van der Waals surface area contributed by atoms with Gasteiger partial charge >= 0.3 is 0 Å². The normalized spacial score (nSPS) is 13.1. The van der Waals surface area contributed by atoms with Crippen LogP contribution in [-0.4, -0.2) is 32.3 Å². The zero-order valence-electron chi connectivity index (χ0n) is 16.2. The number of amides is 1. The fourth-order valence-electron chi connectivity index (χ4n) is 3.84. The van der Waals surface area contributed by atoms with Gasteiger partial charge in [-0.2, -0.15) is 0 Å². The Morgan fingerprint density at radius 3 is 2.66 bits per heavy atom. The Hall–Kier alpha value is -3.60. The van der Waals surface area contributed by atoms with Crippen LogP contribution in [0.25, 0.3) is 22.2 Å². The van der Waals surface area contributed by atoms with Crippen LogP contribution in [0.3, 0.4) is 0 Å². The van der Waals surface area contributed by atoms with Crippen molar-refractivity contribution in [3.05, 3.63) is 89.5 Å². The third-order valence-electron chi connectivity index (χ3n) is 5.39. The third-order valence-corrected chi connectivity index (χ3v) is 5.39. The smallest absolute Gasteiger partial charge is 0.254 e. The molecule has 0 unspecified atom stereocenters.